The summed E-state index contributed by atoms with van der Waals surface area (Å²) >= 11 is 0. The Labute approximate surface area is 95.4 Å². The zero-order chi connectivity index (χ0) is 12.5. The Morgan fingerprint density at radius 3 is 2.00 bits per heavy atom. The molecule has 0 aliphatic rings. The van der Waals surface area contributed by atoms with Crippen molar-refractivity contribution in [1.29, 1.82) is 0 Å². The summed E-state index contributed by atoms with van der Waals surface area (Å²) in [5.41, 5.74) is -0.478. The van der Waals surface area contributed by atoms with Crippen LogP contribution in [0.2, 0.25) is 0 Å². The van der Waals surface area contributed by atoms with E-state index in [4.69, 9.17) is 4.74 Å². The van der Waals surface area contributed by atoms with Crippen molar-refractivity contribution in [1.82, 2.24) is 4.72 Å². The van der Waals surface area contributed by atoms with Gasteiger partial charge in [0.05, 0.1) is 11.0 Å². The topological polar surface area (TPSA) is 55.4 Å². The fourth-order valence-corrected chi connectivity index (χ4v) is 0.859. The molecule has 92 valence electrons. The van der Waals surface area contributed by atoms with Crippen LogP contribution in [0.3, 0.4) is 0 Å². The Kier molecular flexibility index (Phi) is 10.0. The van der Waals surface area contributed by atoms with E-state index in [9.17, 15) is 9.00 Å². The molecule has 0 aliphatic carbocycles. The van der Waals surface area contributed by atoms with Gasteiger partial charge in [-0.2, -0.15) is 0 Å². The summed E-state index contributed by atoms with van der Waals surface area (Å²) in [6.45, 7) is 9.59. The van der Waals surface area contributed by atoms with Crippen molar-refractivity contribution < 1.29 is 13.7 Å². The fourth-order valence-electron chi connectivity index (χ4n) is 0.538. The SMILES string of the molecule is CCC.CS(=O)NCC(=O)OC(C)(C)C. The van der Waals surface area contributed by atoms with Gasteiger partial charge in [-0.05, 0) is 20.8 Å². The number of ether oxygens (including phenoxy) is 1. The molecule has 0 fully saturated rings. The second-order valence-corrected chi connectivity index (χ2v) is 5.27. The van der Waals surface area contributed by atoms with E-state index in [0.717, 1.165) is 0 Å². The number of hydrogen-bond acceptors (Lipinski definition) is 3. The highest BCUT2D eigenvalue weighted by Crippen LogP contribution is 2.05. The highest BCUT2D eigenvalue weighted by Gasteiger charge is 2.15. The van der Waals surface area contributed by atoms with E-state index in [2.05, 4.69) is 18.6 Å². The summed E-state index contributed by atoms with van der Waals surface area (Å²) in [4.78, 5) is 10.9. The van der Waals surface area contributed by atoms with E-state index < -0.39 is 22.6 Å². The average Bonchev–Trinajstić information content (AvgIpc) is 1.99. The number of carbonyl (C=O) groups is 1. The molecular formula is C10H23NO3S. The van der Waals surface area contributed by atoms with Gasteiger partial charge in [0.2, 0.25) is 0 Å². The van der Waals surface area contributed by atoms with Crippen LogP contribution in [0.1, 0.15) is 41.0 Å². The number of esters is 1. The van der Waals surface area contributed by atoms with Crippen LogP contribution in [-0.4, -0.2) is 28.6 Å². The lowest BCUT2D eigenvalue weighted by Gasteiger charge is -2.19. The van der Waals surface area contributed by atoms with Crippen molar-refractivity contribution in [3.8, 4) is 0 Å². The molecule has 0 aromatic heterocycles. The second kappa shape index (κ2) is 8.85. The Balaban J connectivity index is 0. The average molecular weight is 237 g/mol. The van der Waals surface area contributed by atoms with Gasteiger partial charge in [0, 0.05) is 6.26 Å². The van der Waals surface area contributed by atoms with E-state index in [1.54, 1.807) is 20.8 Å². The molecule has 0 amide bonds. The molecule has 1 unspecified atom stereocenters. The van der Waals surface area contributed by atoms with Crippen LogP contribution in [-0.2, 0) is 20.5 Å². The van der Waals surface area contributed by atoms with E-state index in [1.165, 1.54) is 12.7 Å². The summed E-state index contributed by atoms with van der Waals surface area (Å²) < 4.78 is 17.9. The third-order valence-corrected chi connectivity index (χ3v) is 1.39. The van der Waals surface area contributed by atoms with Gasteiger partial charge in [0.1, 0.15) is 12.1 Å². The molecule has 0 rings (SSSR count). The van der Waals surface area contributed by atoms with Crippen molar-refractivity contribution in [3.05, 3.63) is 0 Å². The molecule has 0 heterocycles. The van der Waals surface area contributed by atoms with Crippen molar-refractivity contribution in [2.75, 3.05) is 12.8 Å². The van der Waals surface area contributed by atoms with Crippen molar-refractivity contribution in [3.63, 3.8) is 0 Å². The van der Waals surface area contributed by atoms with Crippen LogP contribution in [0.15, 0.2) is 0 Å². The second-order valence-electron chi connectivity index (χ2n) is 4.07. The minimum Gasteiger partial charge on any atom is -0.459 e. The van der Waals surface area contributed by atoms with Gasteiger partial charge in [0.15, 0.2) is 0 Å². The molecule has 0 spiro atoms. The summed E-state index contributed by atoms with van der Waals surface area (Å²) in [5.74, 6) is -0.391. The first-order valence-corrected chi connectivity index (χ1v) is 6.57. The lowest BCUT2D eigenvalue weighted by atomic mass is 10.2. The summed E-state index contributed by atoms with van der Waals surface area (Å²) in [6, 6.07) is 0. The van der Waals surface area contributed by atoms with Gasteiger partial charge in [-0.15, -0.1) is 0 Å². The normalized spacial score (nSPS) is 12.4. The van der Waals surface area contributed by atoms with E-state index >= 15 is 0 Å². The zero-order valence-electron chi connectivity index (χ0n) is 10.5. The monoisotopic (exact) mass is 237 g/mol. The van der Waals surface area contributed by atoms with E-state index in [-0.39, 0.29) is 6.54 Å². The molecule has 15 heavy (non-hydrogen) atoms. The molecule has 0 radical (unpaired) electrons. The van der Waals surface area contributed by atoms with Gasteiger partial charge in [-0.25, -0.2) is 8.93 Å². The summed E-state index contributed by atoms with van der Waals surface area (Å²) in [6.07, 6.45) is 2.71. The molecule has 0 saturated heterocycles. The van der Waals surface area contributed by atoms with Crippen molar-refractivity contribution in [2.24, 2.45) is 0 Å². The predicted octanol–water partition coefficient (Wildman–Crippen LogP) is 1.63. The van der Waals surface area contributed by atoms with Crippen molar-refractivity contribution in [2.45, 2.75) is 46.6 Å². The van der Waals surface area contributed by atoms with Crippen LogP contribution in [0.4, 0.5) is 0 Å². The maximum Gasteiger partial charge on any atom is 0.321 e. The van der Waals surface area contributed by atoms with Gasteiger partial charge in [-0.1, -0.05) is 20.3 Å². The highest BCUT2D eigenvalue weighted by molar-refractivity contribution is 7.82. The number of hydrogen-bond donors (Lipinski definition) is 1. The zero-order valence-corrected chi connectivity index (χ0v) is 11.4. The van der Waals surface area contributed by atoms with Crippen molar-refractivity contribution >= 4 is 17.0 Å². The Morgan fingerprint density at radius 2 is 1.73 bits per heavy atom. The van der Waals surface area contributed by atoms with Crippen LogP contribution in [0.5, 0.6) is 0 Å². The number of nitrogens with one attached hydrogen (secondary N) is 1. The molecule has 0 aromatic carbocycles. The molecular weight excluding hydrogens is 214 g/mol. The Morgan fingerprint density at radius 1 is 1.33 bits per heavy atom. The predicted molar refractivity (Wildman–Crippen MR) is 63.9 cm³/mol. The molecule has 1 atom stereocenters. The third kappa shape index (κ3) is 19.8. The Hall–Kier alpha value is -0.420. The standard InChI is InChI=1S/C7H15NO3S.C3H8/c1-7(2,3)11-6(9)5-8-12(4)10;1-3-2/h8H,5H2,1-4H3;3H2,1-2H3. The summed E-state index contributed by atoms with van der Waals surface area (Å²) in [7, 11) is -1.17. The molecule has 5 heteroatoms. The molecule has 0 aliphatic heterocycles. The van der Waals surface area contributed by atoms with E-state index in [1.807, 2.05) is 0 Å². The van der Waals surface area contributed by atoms with Gasteiger partial charge < -0.3 is 4.74 Å². The summed E-state index contributed by atoms with van der Waals surface area (Å²) in [5, 5.41) is 0. The number of rotatable bonds is 3. The first kappa shape index (κ1) is 17.0. The smallest absolute Gasteiger partial charge is 0.321 e. The highest BCUT2D eigenvalue weighted by atomic mass is 32.2. The van der Waals surface area contributed by atoms with Crippen LogP contribution >= 0.6 is 0 Å². The van der Waals surface area contributed by atoms with E-state index in [0.29, 0.717) is 0 Å². The first-order valence-electron chi connectivity index (χ1n) is 5.01. The number of carbonyl (C=O) groups excluding carboxylic acids is 1. The maximum absolute atomic E-state index is 10.9. The fraction of sp³-hybridized carbons (Fsp3) is 0.900. The molecule has 4 nitrogen and oxygen atoms in total. The third-order valence-electron chi connectivity index (χ3n) is 0.840. The van der Waals surface area contributed by atoms with Gasteiger partial charge in [-0.3, -0.25) is 4.79 Å². The quantitative estimate of drug-likeness (QED) is 0.759. The lowest BCUT2D eigenvalue weighted by Crippen LogP contribution is -2.31. The van der Waals surface area contributed by atoms with Gasteiger partial charge >= 0.3 is 5.97 Å². The Bertz CT molecular complexity index is 199. The molecule has 0 saturated carbocycles. The molecule has 0 aromatic rings. The minimum atomic E-state index is -1.17. The first-order chi connectivity index (χ1) is 6.72. The van der Waals surface area contributed by atoms with Crippen LogP contribution < -0.4 is 4.72 Å². The van der Waals surface area contributed by atoms with Gasteiger partial charge in [0.25, 0.3) is 0 Å². The molecule has 1 N–H and O–H groups in total. The largest absolute Gasteiger partial charge is 0.459 e. The molecule has 0 bridgehead atoms. The van der Waals surface area contributed by atoms with Crippen LogP contribution in [0, 0.1) is 0 Å². The van der Waals surface area contributed by atoms with Crippen LogP contribution in [0.25, 0.3) is 0 Å². The lowest BCUT2D eigenvalue weighted by molar-refractivity contribution is -0.153. The maximum atomic E-state index is 10.9. The minimum absolute atomic E-state index is 0.0135.